The molecule has 0 saturated carbocycles. The number of nitrogens with two attached hydrogens (primary N) is 1. The molecule has 1 aliphatic heterocycles. The van der Waals surface area contributed by atoms with Crippen molar-refractivity contribution in [2.24, 2.45) is 5.14 Å². The zero-order valence-corrected chi connectivity index (χ0v) is 14.3. The lowest BCUT2D eigenvalue weighted by molar-refractivity contribution is 0.0654. The summed E-state index contributed by atoms with van der Waals surface area (Å²) in [5.41, 5.74) is 0.749. The number of amides is 1. The van der Waals surface area contributed by atoms with Gasteiger partial charge in [-0.05, 0) is 31.5 Å². The van der Waals surface area contributed by atoms with E-state index in [9.17, 15) is 13.2 Å². The van der Waals surface area contributed by atoms with Gasteiger partial charge in [-0.2, -0.15) is 0 Å². The molecule has 0 bridgehead atoms. The zero-order chi connectivity index (χ0) is 15.8. The lowest BCUT2D eigenvalue weighted by atomic mass is 10.1. The van der Waals surface area contributed by atoms with Gasteiger partial charge in [-0.25, -0.2) is 13.6 Å². The fourth-order valence-electron chi connectivity index (χ4n) is 2.47. The number of carbonyl (C=O) groups excluding carboxylic acids is 1. The molecule has 1 amide bonds. The maximum absolute atomic E-state index is 12.7. The summed E-state index contributed by atoms with van der Waals surface area (Å²) in [5, 5.41) is 8.43. The van der Waals surface area contributed by atoms with Crippen LogP contribution < -0.4 is 10.5 Å². The first-order valence-corrected chi connectivity index (χ1v) is 8.90. The number of nitrogens with one attached hydrogen (secondary N) is 1. The molecule has 8 heteroatoms. The van der Waals surface area contributed by atoms with Crippen molar-refractivity contribution in [3.8, 4) is 0 Å². The van der Waals surface area contributed by atoms with E-state index in [-0.39, 0.29) is 16.8 Å². The van der Waals surface area contributed by atoms with E-state index in [4.69, 9.17) is 5.14 Å². The minimum absolute atomic E-state index is 0.0250. The zero-order valence-electron chi connectivity index (χ0n) is 11.9. The van der Waals surface area contributed by atoms with Crippen molar-refractivity contribution in [1.29, 1.82) is 0 Å². The molecule has 0 spiro atoms. The van der Waals surface area contributed by atoms with Crippen LogP contribution in [0, 0.1) is 6.92 Å². The highest BCUT2D eigenvalue weighted by Crippen LogP contribution is 2.25. The Kier molecular flexibility index (Phi) is 4.72. The second kappa shape index (κ2) is 6.04. The number of halogens is 1. The molecular formula is C13H18BrN3O3S. The first-order chi connectivity index (χ1) is 9.71. The Morgan fingerprint density at radius 2 is 2.14 bits per heavy atom. The van der Waals surface area contributed by atoms with Crippen LogP contribution in [-0.2, 0) is 10.0 Å². The van der Waals surface area contributed by atoms with Gasteiger partial charge in [0.2, 0.25) is 10.0 Å². The van der Waals surface area contributed by atoms with Crippen molar-refractivity contribution in [2.45, 2.75) is 24.8 Å². The van der Waals surface area contributed by atoms with E-state index >= 15 is 0 Å². The monoisotopic (exact) mass is 375 g/mol. The number of nitrogens with zero attached hydrogens (tertiary/aromatic N) is 1. The fourth-order valence-corrected chi connectivity index (χ4v) is 3.91. The fraction of sp³-hybridized carbons (Fsp3) is 0.462. The smallest absolute Gasteiger partial charge is 0.254 e. The molecule has 1 fully saturated rings. The molecular weight excluding hydrogens is 358 g/mol. The van der Waals surface area contributed by atoms with Gasteiger partial charge >= 0.3 is 0 Å². The van der Waals surface area contributed by atoms with Crippen molar-refractivity contribution in [3.63, 3.8) is 0 Å². The number of sulfonamides is 1. The number of hydrogen-bond donors (Lipinski definition) is 2. The van der Waals surface area contributed by atoms with Crippen molar-refractivity contribution in [1.82, 2.24) is 10.2 Å². The van der Waals surface area contributed by atoms with E-state index in [0.29, 0.717) is 22.1 Å². The standard InChI is InChI=1S/C13H18BrN3O3S/c1-8-7-16-3-4-17(8)13(18)11-5-10(14)6-12(9(11)2)21(15,19)20/h5-6,8,16H,3-4,7H2,1-2H3,(H2,15,19,20). The molecule has 2 rings (SSSR count). The Bertz CT molecular complexity index is 675. The maximum Gasteiger partial charge on any atom is 0.254 e. The van der Waals surface area contributed by atoms with Crippen LogP contribution in [0.5, 0.6) is 0 Å². The third-order valence-electron chi connectivity index (χ3n) is 3.62. The summed E-state index contributed by atoms with van der Waals surface area (Å²) in [6.45, 7) is 5.60. The van der Waals surface area contributed by atoms with E-state index in [1.165, 1.54) is 6.07 Å². The largest absolute Gasteiger partial charge is 0.333 e. The topological polar surface area (TPSA) is 92.5 Å². The van der Waals surface area contributed by atoms with Crippen molar-refractivity contribution in [3.05, 3.63) is 27.7 Å². The van der Waals surface area contributed by atoms with Gasteiger partial charge in [-0.1, -0.05) is 15.9 Å². The van der Waals surface area contributed by atoms with Gasteiger partial charge in [0.25, 0.3) is 5.91 Å². The number of piperazine rings is 1. The minimum atomic E-state index is -3.87. The second-order valence-electron chi connectivity index (χ2n) is 5.17. The third kappa shape index (κ3) is 3.45. The third-order valence-corrected chi connectivity index (χ3v) is 5.12. The Morgan fingerprint density at radius 3 is 2.71 bits per heavy atom. The minimum Gasteiger partial charge on any atom is -0.333 e. The first-order valence-electron chi connectivity index (χ1n) is 6.56. The molecule has 1 heterocycles. The Labute approximate surface area is 132 Å². The summed E-state index contributed by atoms with van der Waals surface area (Å²) in [7, 11) is -3.87. The number of carbonyl (C=O) groups is 1. The second-order valence-corrected chi connectivity index (χ2v) is 7.62. The lowest BCUT2D eigenvalue weighted by Crippen LogP contribution is -2.52. The average molecular weight is 376 g/mol. The molecule has 1 atom stereocenters. The number of hydrogen-bond acceptors (Lipinski definition) is 4. The summed E-state index contributed by atoms with van der Waals surface area (Å²) in [6, 6.07) is 3.12. The highest BCUT2D eigenvalue weighted by atomic mass is 79.9. The van der Waals surface area contributed by atoms with Crippen LogP contribution in [0.4, 0.5) is 0 Å². The predicted molar refractivity (Wildman–Crippen MR) is 83.6 cm³/mol. The lowest BCUT2D eigenvalue weighted by Gasteiger charge is -2.34. The Balaban J connectivity index is 2.49. The number of benzene rings is 1. The predicted octanol–water partition coefficient (Wildman–Crippen LogP) is 0.839. The van der Waals surface area contributed by atoms with Gasteiger partial charge in [0, 0.05) is 35.7 Å². The van der Waals surface area contributed by atoms with E-state index < -0.39 is 10.0 Å². The highest BCUT2D eigenvalue weighted by molar-refractivity contribution is 9.10. The molecule has 116 valence electrons. The summed E-state index contributed by atoms with van der Waals surface area (Å²) in [5.74, 6) is -0.173. The van der Waals surface area contributed by atoms with Gasteiger partial charge in [0.05, 0.1) is 4.90 Å². The molecule has 1 aromatic carbocycles. The molecule has 0 aromatic heterocycles. The van der Waals surface area contributed by atoms with Crippen molar-refractivity contribution in [2.75, 3.05) is 19.6 Å². The summed E-state index contributed by atoms with van der Waals surface area (Å²) in [4.78, 5) is 14.4. The average Bonchev–Trinajstić information content (AvgIpc) is 2.39. The summed E-state index contributed by atoms with van der Waals surface area (Å²) < 4.78 is 23.8. The first kappa shape index (κ1) is 16.4. The van der Waals surface area contributed by atoms with Crippen LogP contribution in [0.3, 0.4) is 0 Å². The molecule has 1 aromatic rings. The molecule has 1 unspecified atom stereocenters. The van der Waals surface area contributed by atoms with Crippen LogP contribution >= 0.6 is 15.9 Å². The Hall–Kier alpha value is -0.960. The van der Waals surface area contributed by atoms with Crippen LogP contribution in [-0.4, -0.2) is 44.9 Å². The summed E-state index contributed by atoms with van der Waals surface area (Å²) >= 11 is 3.24. The number of rotatable bonds is 2. The quantitative estimate of drug-likeness (QED) is 0.800. The van der Waals surface area contributed by atoms with Gasteiger partial charge < -0.3 is 10.2 Å². The number of primary sulfonamides is 1. The molecule has 0 aliphatic carbocycles. The van der Waals surface area contributed by atoms with Crippen LogP contribution in [0.2, 0.25) is 0 Å². The normalized spacial score (nSPS) is 19.6. The maximum atomic E-state index is 12.7. The van der Waals surface area contributed by atoms with Crippen LogP contribution in [0.25, 0.3) is 0 Å². The van der Waals surface area contributed by atoms with E-state index in [1.54, 1.807) is 17.9 Å². The van der Waals surface area contributed by atoms with Gasteiger partial charge in [-0.3, -0.25) is 4.79 Å². The van der Waals surface area contributed by atoms with Crippen molar-refractivity contribution >= 4 is 31.9 Å². The van der Waals surface area contributed by atoms with Crippen LogP contribution in [0.15, 0.2) is 21.5 Å². The molecule has 6 nitrogen and oxygen atoms in total. The molecule has 1 aliphatic rings. The highest BCUT2D eigenvalue weighted by Gasteiger charge is 2.27. The molecule has 21 heavy (non-hydrogen) atoms. The molecule has 0 radical (unpaired) electrons. The van der Waals surface area contributed by atoms with Gasteiger partial charge in [0.1, 0.15) is 0 Å². The van der Waals surface area contributed by atoms with Crippen molar-refractivity contribution < 1.29 is 13.2 Å². The summed E-state index contributed by atoms with van der Waals surface area (Å²) in [6.07, 6.45) is 0. The molecule has 1 saturated heterocycles. The van der Waals surface area contributed by atoms with Gasteiger partial charge in [0.15, 0.2) is 0 Å². The van der Waals surface area contributed by atoms with E-state index in [1.807, 2.05) is 6.92 Å². The van der Waals surface area contributed by atoms with E-state index in [0.717, 1.165) is 13.1 Å². The SMILES string of the molecule is Cc1c(C(=O)N2CCNCC2C)cc(Br)cc1S(N)(=O)=O. The van der Waals surface area contributed by atoms with Crippen LogP contribution in [0.1, 0.15) is 22.8 Å². The van der Waals surface area contributed by atoms with Gasteiger partial charge in [-0.15, -0.1) is 0 Å². The Morgan fingerprint density at radius 1 is 1.48 bits per heavy atom. The van der Waals surface area contributed by atoms with E-state index in [2.05, 4.69) is 21.2 Å². The molecule has 3 N–H and O–H groups in total.